The van der Waals surface area contributed by atoms with E-state index in [0.717, 1.165) is 0 Å². The van der Waals surface area contributed by atoms with E-state index >= 15 is 0 Å². The van der Waals surface area contributed by atoms with Crippen LogP contribution in [-0.2, 0) is 18.7 Å². The van der Waals surface area contributed by atoms with Crippen LogP contribution in [0.25, 0.3) is 0 Å². The molecular formula is C6H9BO9. The number of aliphatic hydroxyl groups is 5. The zero-order valence-electron chi connectivity index (χ0n) is 7.81. The lowest BCUT2D eigenvalue weighted by atomic mass is 10.0. The summed E-state index contributed by atoms with van der Waals surface area (Å²) in [7, 11) is -1.24. The number of aliphatic hydroxyl groups excluding tert-OH is 3. The molecule has 9 nitrogen and oxygen atoms in total. The zero-order chi connectivity index (χ0) is 11.8. The van der Waals surface area contributed by atoms with Gasteiger partial charge in [-0.1, -0.05) is 0 Å². The predicted octanol–water partition coefficient (Wildman–Crippen LogP) is -4.18. The molecule has 0 radical (unpaired) electrons. The van der Waals surface area contributed by atoms with Crippen LogP contribution in [-0.4, -0.2) is 69.2 Å². The minimum absolute atomic E-state index is 1.00. The lowest BCUT2D eigenvalue weighted by Gasteiger charge is -2.37. The molecule has 4 aliphatic rings. The van der Waals surface area contributed by atoms with E-state index in [1.54, 1.807) is 0 Å². The van der Waals surface area contributed by atoms with Crippen molar-refractivity contribution in [1.29, 1.82) is 0 Å². The van der Waals surface area contributed by atoms with Gasteiger partial charge >= 0.3 is 13.3 Å². The van der Waals surface area contributed by atoms with Crippen LogP contribution in [0, 0.1) is 0 Å². The van der Waals surface area contributed by atoms with Crippen LogP contribution in [0.3, 0.4) is 0 Å². The van der Waals surface area contributed by atoms with Gasteiger partial charge in [-0.15, -0.1) is 0 Å². The summed E-state index contributed by atoms with van der Waals surface area (Å²) in [5, 5.41) is 47.4. The van der Waals surface area contributed by atoms with Crippen molar-refractivity contribution in [1.82, 2.24) is 0 Å². The second kappa shape index (κ2) is 2.75. The van der Waals surface area contributed by atoms with Crippen molar-refractivity contribution in [2.75, 3.05) is 6.61 Å². The Kier molecular flexibility index (Phi) is 1.86. The number of hydrogen-bond donors (Lipinski definition) is 5. The molecule has 0 aromatic carbocycles. The minimum atomic E-state index is -2.46. The van der Waals surface area contributed by atoms with Gasteiger partial charge in [0.05, 0.1) is 6.61 Å². The molecule has 4 atom stereocenters. The van der Waals surface area contributed by atoms with E-state index in [4.69, 9.17) is 14.5 Å². The molecule has 4 fully saturated rings. The normalized spacial score (nSPS) is 59.4. The van der Waals surface area contributed by atoms with E-state index in [2.05, 4.69) is 9.31 Å². The maximum absolute atomic E-state index is 9.69. The molecule has 0 saturated carbocycles. The Morgan fingerprint density at radius 2 is 1.69 bits per heavy atom. The average Bonchev–Trinajstić information content (AvgIpc) is 2.69. The van der Waals surface area contributed by atoms with E-state index in [-0.39, 0.29) is 0 Å². The van der Waals surface area contributed by atoms with Crippen molar-refractivity contribution in [3.63, 3.8) is 0 Å². The number of hydrogen-bond acceptors (Lipinski definition) is 9. The van der Waals surface area contributed by atoms with E-state index in [0.29, 0.717) is 0 Å². The lowest BCUT2D eigenvalue weighted by molar-refractivity contribution is -0.433. The van der Waals surface area contributed by atoms with Crippen LogP contribution in [0.4, 0.5) is 0 Å². The highest BCUT2D eigenvalue weighted by molar-refractivity contribution is 6.40. The summed E-state index contributed by atoms with van der Waals surface area (Å²) in [5.41, 5.74) is 0. The first-order valence-corrected chi connectivity index (χ1v) is 4.52. The smallest absolute Gasteiger partial charge is 0.391 e. The van der Waals surface area contributed by atoms with Gasteiger partial charge in [-0.3, -0.25) is 0 Å². The summed E-state index contributed by atoms with van der Waals surface area (Å²) in [6.07, 6.45) is -3.73. The first-order valence-electron chi connectivity index (χ1n) is 4.52. The van der Waals surface area contributed by atoms with Gasteiger partial charge in [-0.25, -0.2) is 0 Å². The molecule has 10 heteroatoms. The van der Waals surface area contributed by atoms with Gasteiger partial charge in [0.25, 0.3) is 5.79 Å². The molecule has 0 amide bonds. The van der Waals surface area contributed by atoms with Crippen LogP contribution in [0.1, 0.15) is 0 Å². The van der Waals surface area contributed by atoms with Crippen LogP contribution >= 0.6 is 0 Å². The molecule has 4 aliphatic heterocycles. The summed E-state index contributed by atoms with van der Waals surface area (Å²) in [6, 6.07) is 0. The first-order chi connectivity index (χ1) is 7.37. The van der Waals surface area contributed by atoms with Crippen LogP contribution in [0.5, 0.6) is 0 Å². The van der Waals surface area contributed by atoms with Crippen molar-refractivity contribution in [2.45, 2.75) is 29.8 Å². The van der Waals surface area contributed by atoms with Gasteiger partial charge < -0.3 is 44.2 Å². The van der Waals surface area contributed by atoms with Crippen molar-refractivity contribution in [2.24, 2.45) is 0 Å². The summed E-state index contributed by atoms with van der Waals surface area (Å²) in [5.74, 6) is -7.13. The highest BCUT2D eigenvalue weighted by Crippen LogP contribution is 2.55. The molecule has 16 heavy (non-hydrogen) atoms. The number of ether oxygens (including phenoxy) is 1. The summed E-state index contributed by atoms with van der Waals surface area (Å²) in [4.78, 5) is 0. The van der Waals surface area contributed by atoms with Gasteiger partial charge in [0.15, 0.2) is 0 Å². The van der Waals surface area contributed by atoms with E-state index in [1.165, 1.54) is 0 Å². The van der Waals surface area contributed by atoms with Crippen molar-refractivity contribution in [3.8, 4) is 0 Å². The molecule has 4 saturated heterocycles. The Labute approximate surface area is 88.9 Å². The lowest BCUT2D eigenvalue weighted by Crippen LogP contribution is -2.62. The Balaban J connectivity index is 1.99. The van der Waals surface area contributed by atoms with Crippen LogP contribution < -0.4 is 0 Å². The third kappa shape index (κ3) is 0.933. The first kappa shape index (κ1) is 10.8. The Morgan fingerprint density at radius 3 is 2.06 bits per heavy atom. The molecule has 90 valence electrons. The molecule has 2 bridgehead atoms. The van der Waals surface area contributed by atoms with Crippen molar-refractivity contribution < 1.29 is 44.2 Å². The fourth-order valence-corrected chi connectivity index (χ4v) is 2.01. The third-order valence-corrected chi connectivity index (χ3v) is 2.93. The molecular weight excluding hydrogens is 227 g/mol. The third-order valence-electron chi connectivity index (χ3n) is 2.93. The molecule has 4 heterocycles. The number of rotatable bonds is 1. The maximum atomic E-state index is 9.69. The standard InChI is InChI=1S/C6H9BO9/c8-1-4(11)2(9)3(10)5(13-4)6(12)15-7(14-5)16-6/h2-3,8-12H,1H2/t2-,3-,4+,5?/m0/s1. The molecule has 1 spiro atoms. The minimum Gasteiger partial charge on any atom is -0.391 e. The average molecular weight is 236 g/mol. The van der Waals surface area contributed by atoms with Crippen molar-refractivity contribution in [3.05, 3.63) is 0 Å². The second-order valence-electron chi connectivity index (χ2n) is 3.89. The molecule has 0 aromatic heterocycles. The van der Waals surface area contributed by atoms with Gasteiger partial charge in [0, 0.05) is 0 Å². The largest absolute Gasteiger partial charge is 0.649 e. The molecule has 0 aromatic rings. The predicted molar refractivity (Wildman–Crippen MR) is 41.8 cm³/mol. The monoisotopic (exact) mass is 236 g/mol. The summed E-state index contributed by atoms with van der Waals surface area (Å²) >= 11 is 0. The van der Waals surface area contributed by atoms with Gasteiger partial charge in [-0.05, 0) is 0 Å². The van der Waals surface area contributed by atoms with Crippen LogP contribution in [0.15, 0.2) is 0 Å². The zero-order valence-corrected chi connectivity index (χ0v) is 7.81. The SMILES string of the molecule is OC[C@@]1(O)OC2(OB3OC2(O)O3)[C@@H](O)[C@@H]1O. The highest BCUT2D eigenvalue weighted by Gasteiger charge is 2.84. The van der Waals surface area contributed by atoms with E-state index in [1.807, 2.05) is 0 Å². The van der Waals surface area contributed by atoms with Gasteiger partial charge in [-0.2, -0.15) is 0 Å². The molecule has 1 unspecified atom stereocenters. The second-order valence-corrected chi connectivity index (χ2v) is 3.89. The van der Waals surface area contributed by atoms with Crippen molar-refractivity contribution >= 4 is 7.32 Å². The van der Waals surface area contributed by atoms with E-state index < -0.39 is 43.7 Å². The van der Waals surface area contributed by atoms with Gasteiger partial charge in [0.2, 0.25) is 5.79 Å². The topological polar surface area (TPSA) is 138 Å². The van der Waals surface area contributed by atoms with Crippen LogP contribution in [0.2, 0.25) is 0 Å². The Hall–Kier alpha value is -0.295. The summed E-state index contributed by atoms with van der Waals surface area (Å²) in [6.45, 7) is -1.00. The molecule has 4 rings (SSSR count). The Bertz CT molecular complexity index is 332. The summed E-state index contributed by atoms with van der Waals surface area (Å²) < 4.78 is 19.0. The Morgan fingerprint density at radius 1 is 1.06 bits per heavy atom. The fourth-order valence-electron chi connectivity index (χ4n) is 2.01. The maximum Gasteiger partial charge on any atom is 0.649 e. The van der Waals surface area contributed by atoms with E-state index in [9.17, 15) is 20.4 Å². The fraction of sp³-hybridized carbons (Fsp3) is 1.00. The van der Waals surface area contributed by atoms with Gasteiger partial charge in [0.1, 0.15) is 12.2 Å². The quantitative estimate of drug-likeness (QED) is 0.287. The highest BCUT2D eigenvalue weighted by atomic mass is 17.1. The molecule has 0 aliphatic carbocycles. The molecule has 5 N–H and O–H groups in total.